The number of nitrogens with one attached hydrogen (secondary N) is 1. The molecule has 1 saturated heterocycles. The number of hydrogen-bond acceptors (Lipinski definition) is 7. The van der Waals surface area contributed by atoms with Gasteiger partial charge in [0, 0.05) is 19.2 Å². The fourth-order valence-corrected chi connectivity index (χ4v) is 2.55. The summed E-state index contributed by atoms with van der Waals surface area (Å²) < 4.78 is 12.5. The molecule has 0 saturated carbocycles. The molecule has 23 heavy (non-hydrogen) atoms. The van der Waals surface area contributed by atoms with Crippen LogP contribution in [-0.2, 0) is 16.1 Å². The highest BCUT2D eigenvalue weighted by Crippen LogP contribution is 2.14. The molecule has 1 N–H and O–H groups in total. The number of aromatic nitrogens is 4. The van der Waals surface area contributed by atoms with E-state index in [1.165, 1.54) is 6.33 Å². The predicted molar refractivity (Wildman–Crippen MR) is 80.7 cm³/mol. The molecule has 1 fully saturated rings. The maximum Gasteiger partial charge on any atom is 0.243 e. The Labute approximate surface area is 133 Å². The van der Waals surface area contributed by atoms with E-state index in [0.717, 1.165) is 5.69 Å². The van der Waals surface area contributed by atoms with Gasteiger partial charge in [-0.15, -0.1) is 0 Å². The normalized spacial score (nSPS) is 20.3. The van der Waals surface area contributed by atoms with Crippen molar-refractivity contribution in [2.45, 2.75) is 32.5 Å². The van der Waals surface area contributed by atoms with Gasteiger partial charge in [0.2, 0.25) is 11.8 Å². The molecule has 2 atom stereocenters. The molecule has 0 radical (unpaired) electrons. The number of nitrogens with zero attached hydrogens (tertiary/aromatic N) is 5. The number of ether oxygens (including phenoxy) is 1. The van der Waals surface area contributed by atoms with Crippen molar-refractivity contribution in [1.82, 2.24) is 24.8 Å². The van der Waals surface area contributed by atoms with Crippen LogP contribution < -0.4 is 5.32 Å². The molecule has 124 valence electrons. The zero-order valence-electron chi connectivity index (χ0n) is 13.2. The quantitative estimate of drug-likeness (QED) is 0.846. The summed E-state index contributed by atoms with van der Waals surface area (Å²) in [6.45, 7) is 6.24. The minimum Gasteiger partial charge on any atom is -0.374 e. The van der Waals surface area contributed by atoms with E-state index in [4.69, 9.17) is 9.26 Å². The Morgan fingerprint density at radius 1 is 1.57 bits per heavy atom. The minimum absolute atomic E-state index is 0.0202. The van der Waals surface area contributed by atoms with E-state index < -0.39 is 0 Å². The van der Waals surface area contributed by atoms with Crippen LogP contribution in [0.3, 0.4) is 0 Å². The zero-order chi connectivity index (χ0) is 16.2. The molecule has 3 heterocycles. The topological polar surface area (TPSA) is 98.3 Å². The van der Waals surface area contributed by atoms with Gasteiger partial charge in [0.15, 0.2) is 0 Å². The summed E-state index contributed by atoms with van der Waals surface area (Å²) in [5.41, 5.74) is 0.729. The highest BCUT2D eigenvalue weighted by molar-refractivity contribution is 5.93. The number of hydrogen-bond donors (Lipinski definition) is 1. The second-order valence-electron chi connectivity index (χ2n) is 5.60. The highest BCUT2D eigenvalue weighted by Gasteiger charge is 2.28. The average Bonchev–Trinajstić information content (AvgIpc) is 3.18. The first kappa shape index (κ1) is 15.6. The molecule has 3 rings (SSSR count). The Morgan fingerprint density at radius 3 is 3.13 bits per heavy atom. The van der Waals surface area contributed by atoms with Gasteiger partial charge < -0.3 is 9.26 Å². The smallest absolute Gasteiger partial charge is 0.243 e. The van der Waals surface area contributed by atoms with Crippen molar-refractivity contribution in [3.8, 4) is 0 Å². The molecule has 0 aliphatic carbocycles. The van der Waals surface area contributed by atoms with E-state index in [1.807, 2.05) is 6.92 Å². The third-order valence-electron chi connectivity index (χ3n) is 3.83. The van der Waals surface area contributed by atoms with Gasteiger partial charge in [-0.25, -0.2) is 4.98 Å². The Morgan fingerprint density at radius 2 is 2.43 bits per heavy atom. The molecule has 2 unspecified atom stereocenters. The van der Waals surface area contributed by atoms with Crippen molar-refractivity contribution in [3.05, 3.63) is 24.4 Å². The summed E-state index contributed by atoms with van der Waals surface area (Å²) in [6, 6.07) is 1.40. The Bertz CT molecular complexity index is 641. The predicted octanol–water partition coefficient (Wildman–Crippen LogP) is 0.303. The average molecular weight is 320 g/mol. The van der Waals surface area contributed by atoms with Gasteiger partial charge in [-0.3, -0.25) is 19.7 Å². The van der Waals surface area contributed by atoms with E-state index >= 15 is 0 Å². The molecule has 0 aromatic carbocycles. The van der Waals surface area contributed by atoms with Crippen molar-refractivity contribution in [3.63, 3.8) is 0 Å². The van der Waals surface area contributed by atoms with Crippen LogP contribution in [0.5, 0.6) is 0 Å². The number of carbonyl (C=O) groups is 1. The van der Waals surface area contributed by atoms with Crippen molar-refractivity contribution in [2.75, 3.05) is 25.0 Å². The summed E-state index contributed by atoms with van der Waals surface area (Å²) in [5.74, 6) is 0.245. The van der Waals surface area contributed by atoms with Crippen LogP contribution >= 0.6 is 0 Å². The number of aryl methyl sites for hydroxylation is 1. The van der Waals surface area contributed by atoms with Gasteiger partial charge in [-0.2, -0.15) is 5.10 Å². The molecule has 1 aliphatic rings. The molecule has 9 heteroatoms. The largest absolute Gasteiger partial charge is 0.374 e. The fraction of sp³-hybridized carbons (Fsp3) is 0.571. The second kappa shape index (κ2) is 6.88. The van der Waals surface area contributed by atoms with E-state index in [9.17, 15) is 4.79 Å². The highest BCUT2D eigenvalue weighted by atomic mass is 16.5. The first-order valence-electron chi connectivity index (χ1n) is 7.54. The van der Waals surface area contributed by atoms with Crippen LogP contribution in [0.25, 0.3) is 0 Å². The SMILES string of the molecule is Cc1cc(NC(=O)C(C)N2CCOC(Cn3cncn3)C2)on1. The first-order valence-corrected chi connectivity index (χ1v) is 7.54. The van der Waals surface area contributed by atoms with Crippen LogP contribution in [0.4, 0.5) is 5.88 Å². The standard InChI is InChI=1S/C14H20N6O3/c1-10-5-13(23-18-10)17-14(21)11(2)19-3-4-22-12(6-19)7-20-9-15-8-16-20/h5,8-9,11-12H,3-4,6-7H2,1-2H3,(H,17,21). The molecule has 2 aromatic rings. The Kier molecular flexibility index (Phi) is 4.68. The van der Waals surface area contributed by atoms with Crippen molar-refractivity contribution < 1.29 is 14.1 Å². The molecular formula is C14H20N6O3. The molecule has 2 aromatic heterocycles. The number of amides is 1. The minimum atomic E-state index is -0.289. The lowest BCUT2D eigenvalue weighted by molar-refractivity contribution is -0.124. The van der Waals surface area contributed by atoms with Crippen LogP contribution in [-0.4, -0.2) is 62.6 Å². The molecule has 0 bridgehead atoms. The summed E-state index contributed by atoms with van der Waals surface area (Å²) in [4.78, 5) is 18.3. The first-order chi connectivity index (χ1) is 11.1. The number of rotatable bonds is 5. The molecule has 0 spiro atoms. The van der Waals surface area contributed by atoms with Gasteiger partial charge >= 0.3 is 0 Å². The van der Waals surface area contributed by atoms with Crippen molar-refractivity contribution >= 4 is 11.8 Å². The van der Waals surface area contributed by atoms with E-state index in [0.29, 0.717) is 32.1 Å². The summed E-state index contributed by atoms with van der Waals surface area (Å²) >= 11 is 0. The molecule has 1 amide bonds. The summed E-state index contributed by atoms with van der Waals surface area (Å²) in [7, 11) is 0. The number of anilines is 1. The van der Waals surface area contributed by atoms with Crippen molar-refractivity contribution in [1.29, 1.82) is 0 Å². The molecular weight excluding hydrogens is 300 g/mol. The lowest BCUT2D eigenvalue weighted by atomic mass is 10.2. The Hall–Kier alpha value is -2.26. The van der Waals surface area contributed by atoms with Gasteiger partial charge in [0.25, 0.3) is 0 Å². The third kappa shape index (κ3) is 3.93. The van der Waals surface area contributed by atoms with Crippen LogP contribution in [0.15, 0.2) is 23.2 Å². The van der Waals surface area contributed by atoms with E-state index in [1.54, 1.807) is 24.0 Å². The van der Waals surface area contributed by atoms with Crippen LogP contribution in [0.2, 0.25) is 0 Å². The monoisotopic (exact) mass is 320 g/mol. The lowest BCUT2D eigenvalue weighted by Crippen LogP contribution is -2.51. The maximum atomic E-state index is 12.3. The fourth-order valence-electron chi connectivity index (χ4n) is 2.55. The van der Waals surface area contributed by atoms with Crippen LogP contribution in [0, 0.1) is 6.92 Å². The molecule has 1 aliphatic heterocycles. The van der Waals surface area contributed by atoms with Gasteiger partial charge in [-0.05, 0) is 13.8 Å². The van der Waals surface area contributed by atoms with Crippen molar-refractivity contribution in [2.24, 2.45) is 0 Å². The molecule has 9 nitrogen and oxygen atoms in total. The van der Waals surface area contributed by atoms with Crippen LogP contribution in [0.1, 0.15) is 12.6 Å². The van der Waals surface area contributed by atoms with E-state index in [-0.39, 0.29) is 18.1 Å². The second-order valence-corrected chi connectivity index (χ2v) is 5.60. The Balaban J connectivity index is 1.55. The van der Waals surface area contributed by atoms with Gasteiger partial charge in [0.1, 0.15) is 12.7 Å². The third-order valence-corrected chi connectivity index (χ3v) is 3.83. The summed E-state index contributed by atoms with van der Waals surface area (Å²) in [5, 5.41) is 10.6. The maximum absolute atomic E-state index is 12.3. The number of morpholine rings is 1. The van der Waals surface area contributed by atoms with E-state index in [2.05, 4.69) is 25.5 Å². The van der Waals surface area contributed by atoms with Gasteiger partial charge in [0.05, 0.1) is 31.0 Å². The summed E-state index contributed by atoms with van der Waals surface area (Å²) in [6.07, 6.45) is 3.13. The number of carbonyl (C=O) groups excluding carboxylic acids is 1. The van der Waals surface area contributed by atoms with Gasteiger partial charge in [-0.1, -0.05) is 5.16 Å². The lowest BCUT2D eigenvalue weighted by Gasteiger charge is -2.35. The zero-order valence-corrected chi connectivity index (χ0v) is 13.2.